The second kappa shape index (κ2) is 11.6. The molecule has 10 heteroatoms. The van der Waals surface area contributed by atoms with Crippen LogP contribution in [0.2, 0.25) is 0 Å². The number of esters is 2. The fraction of sp³-hybridized carbons (Fsp3) is 0.500. The first-order valence-corrected chi connectivity index (χ1v) is 9.45. The number of nitrogens with one attached hydrogen (secondary N) is 3. The van der Waals surface area contributed by atoms with Gasteiger partial charge in [0.1, 0.15) is 11.6 Å². The number of urea groups is 1. The summed E-state index contributed by atoms with van der Waals surface area (Å²) in [6, 6.07) is 4.75. The minimum absolute atomic E-state index is 0.0684. The van der Waals surface area contributed by atoms with Crippen LogP contribution in [-0.4, -0.2) is 56.0 Å². The van der Waals surface area contributed by atoms with Gasteiger partial charge in [0.2, 0.25) is 0 Å². The van der Waals surface area contributed by atoms with E-state index in [1.165, 1.54) is 13.2 Å². The molecule has 0 aliphatic carbocycles. The van der Waals surface area contributed by atoms with Gasteiger partial charge >= 0.3 is 24.1 Å². The molecule has 0 aliphatic heterocycles. The van der Waals surface area contributed by atoms with Crippen LogP contribution >= 0.6 is 0 Å². The van der Waals surface area contributed by atoms with Crippen molar-refractivity contribution in [1.29, 1.82) is 0 Å². The van der Waals surface area contributed by atoms with Gasteiger partial charge in [0.25, 0.3) is 0 Å². The molecule has 1 aromatic rings. The lowest BCUT2D eigenvalue weighted by atomic mass is 10.2. The number of methoxy groups -OCH3 is 1. The van der Waals surface area contributed by atoms with Crippen LogP contribution in [0.25, 0.3) is 0 Å². The number of alkyl carbamates (subject to hydrolysis) is 1. The fourth-order valence-electron chi connectivity index (χ4n) is 2.28. The van der Waals surface area contributed by atoms with E-state index in [1.807, 2.05) is 0 Å². The Hall–Kier alpha value is -3.30. The number of anilines is 1. The minimum Gasteiger partial charge on any atom is -0.467 e. The zero-order valence-corrected chi connectivity index (χ0v) is 17.9. The van der Waals surface area contributed by atoms with E-state index in [1.54, 1.807) is 45.9 Å². The van der Waals surface area contributed by atoms with E-state index < -0.39 is 35.7 Å². The third-order valence-corrected chi connectivity index (χ3v) is 3.53. The standard InChI is InChI=1S/C20H29N3O7/c1-6-29-16(24)13-8-7-9-14(12-13)22-18(26)21-11-10-15(17(25)28-5)23-19(27)30-20(2,3)4/h7-9,12,15H,6,10-11H2,1-5H3,(H,23,27)(H2,21,22,26)/t15-/m0/s1. The summed E-state index contributed by atoms with van der Waals surface area (Å²) in [6.45, 7) is 7.11. The Morgan fingerprint density at radius 2 is 1.83 bits per heavy atom. The topological polar surface area (TPSA) is 132 Å². The maximum Gasteiger partial charge on any atom is 0.408 e. The number of ether oxygens (including phenoxy) is 3. The van der Waals surface area contributed by atoms with Crippen LogP contribution in [0.5, 0.6) is 0 Å². The highest BCUT2D eigenvalue weighted by atomic mass is 16.6. The number of carbonyl (C=O) groups excluding carboxylic acids is 4. The van der Waals surface area contributed by atoms with Gasteiger partial charge in [0, 0.05) is 12.2 Å². The molecule has 0 heterocycles. The van der Waals surface area contributed by atoms with Crippen LogP contribution in [0.3, 0.4) is 0 Å². The third-order valence-electron chi connectivity index (χ3n) is 3.53. The minimum atomic E-state index is -0.989. The lowest BCUT2D eigenvalue weighted by Crippen LogP contribution is -2.45. The Bertz CT molecular complexity index is 759. The Morgan fingerprint density at radius 1 is 1.13 bits per heavy atom. The summed E-state index contributed by atoms with van der Waals surface area (Å²) >= 11 is 0. The molecule has 3 N–H and O–H groups in total. The first-order valence-electron chi connectivity index (χ1n) is 9.45. The van der Waals surface area contributed by atoms with E-state index in [-0.39, 0.29) is 19.6 Å². The highest BCUT2D eigenvalue weighted by Crippen LogP contribution is 2.12. The maximum atomic E-state index is 12.1. The highest BCUT2D eigenvalue weighted by molar-refractivity contribution is 5.94. The van der Waals surface area contributed by atoms with Crippen LogP contribution in [0.15, 0.2) is 24.3 Å². The van der Waals surface area contributed by atoms with Crippen molar-refractivity contribution in [2.45, 2.75) is 45.8 Å². The summed E-state index contributed by atoms with van der Waals surface area (Å²) in [7, 11) is 1.20. The van der Waals surface area contributed by atoms with Crippen molar-refractivity contribution in [3.8, 4) is 0 Å². The predicted octanol–water partition coefficient (Wildman–Crippen LogP) is 2.44. The first kappa shape index (κ1) is 24.7. The van der Waals surface area contributed by atoms with Crippen molar-refractivity contribution in [1.82, 2.24) is 10.6 Å². The van der Waals surface area contributed by atoms with E-state index in [4.69, 9.17) is 9.47 Å². The molecule has 1 aromatic carbocycles. The molecule has 0 unspecified atom stereocenters. The largest absolute Gasteiger partial charge is 0.467 e. The molecule has 0 saturated carbocycles. The van der Waals surface area contributed by atoms with Crippen molar-refractivity contribution in [3.05, 3.63) is 29.8 Å². The molecule has 0 bridgehead atoms. The summed E-state index contributed by atoms with van der Waals surface area (Å²) in [5.74, 6) is -1.15. The molecule has 0 spiro atoms. The van der Waals surface area contributed by atoms with Crippen molar-refractivity contribution in [2.75, 3.05) is 25.6 Å². The Morgan fingerprint density at radius 3 is 2.43 bits per heavy atom. The second-order valence-corrected chi connectivity index (χ2v) is 7.19. The molecule has 0 saturated heterocycles. The van der Waals surface area contributed by atoms with E-state index in [2.05, 4.69) is 20.7 Å². The predicted molar refractivity (Wildman–Crippen MR) is 109 cm³/mol. The second-order valence-electron chi connectivity index (χ2n) is 7.19. The first-order chi connectivity index (χ1) is 14.1. The highest BCUT2D eigenvalue weighted by Gasteiger charge is 2.24. The summed E-state index contributed by atoms with van der Waals surface area (Å²) in [4.78, 5) is 47.6. The van der Waals surface area contributed by atoms with Crippen molar-refractivity contribution >= 4 is 29.8 Å². The van der Waals surface area contributed by atoms with E-state index >= 15 is 0 Å². The Labute approximate surface area is 175 Å². The van der Waals surface area contributed by atoms with E-state index in [0.717, 1.165) is 0 Å². The average molecular weight is 423 g/mol. The van der Waals surface area contributed by atoms with Gasteiger partial charge in [-0.3, -0.25) is 0 Å². The molecule has 1 rings (SSSR count). The lowest BCUT2D eigenvalue weighted by molar-refractivity contribution is -0.143. The average Bonchev–Trinajstić information content (AvgIpc) is 2.65. The van der Waals surface area contributed by atoms with Gasteiger partial charge in [-0.25, -0.2) is 19.2 Å². The van der Waals surface area contributed by atoms with Gasteiger partial charge in [0.15, 0.2) is 0 Å². The molecule has 10 nitrogen and oxygen atoms in total. The number of rotatable bonds is 8. The van der Waals surface area contributed by atoms with Crippen LogP contribution < -0.4 is 16.0 Å². The van der Waals surface area contributed by atoms with Gasteiger partial charge in [-0.1, -0.05) is 6.07 Å². The molecule has 30 heavy (non-hydrogen) atoms. The number of hydrogen-bond donors (Lipinski definition) is 3. The molecular weight excluding hydrogens is 394 g/mol. The zero-order valence-electron chi connectivity index (χ0n) is 17.9. The molecule has 0 aliphatic rings. The zero-order chi connectivity index (χ0) is 22.7. The van der Waals surface area contributed by atoms with Crippen LogP contribution in [-0.2, 0) is 19.0 Å². The Balaban J connectivity index is 2.57. The summed E-state index contributed by atoms with van der Waals surface area (Å²) < 4.78 is 14.7. The number of carbonyl (C=O) groups is 4. The molecule has 0 radical (unpaired) electrons. The fourth-order valence-corrected chi connectivity index (χ4v) is 2.28. The van der Waals surface area contributed by atoms with Crippen LogP contribution in [0.1, 0.15) is 44.5 Å². The summed E-state index contributed by atoms with van der Waals surface area (Å²) in [5.41, 5.74) is -0.0162. The monoisotopic (exact) mass is 423 g/mol. The summed E-state index contributed by atoms with van der Waals surface area (Å²) in [5, 5.41) is 7.57. The summed E-state index contributed by atoms with van der Waals surface area (Å²) in [6.07, 6.45) is -0.680. The van der Waals surface area contributed by atoms with Crippen LogP contribution in [0, 0.1) is 0 Å². The molecular formula is C20H29N3O7. The third kappa shape index (κ3) is 9.26. The van der Waals surface area contributed by atoms with Gasteiger partial charge < -0.3 is 30.2 Å². The normalized spacial score (nSPS) is 11.6. The Kier molecular flexibility index (Phi) is 9.60. The van der Waals surface area contributed by atoms with E-state index in [9.17, 15) is 19.2 Å². The lowest BCUT2D eigenvalue weighted by Gasteiger charge is -2.22. The van der Waals surface area contributed by atoms with Gasteiger partial charge in [-0.2, -0.15) is 0 Å². The van der Waals surface area contributed by atoms with Crippen molar-refractivity contribution in [2.24, 2.45) is 0 Å². The quantitative estimate of drug-likeness (QED) is 0.432. The van der Waals surface area contributed by atoms with Crippen molar-refractivity contribution in [3.63, 3.8) is 0 Å². The molecule has 0 fully saturated rings. The smallest absolute Gasteiger partial charge is 0.408 e. The maximum absolute atomic E-state index is 12.1. The number of amides is 3. The van der Waals surface area contributed by atoms with Gasteiger partial charge in [-0.05, 0) is 52.3 Å². The molecule has 166 valence electrons. The van der Waals surface area contributed by atoms with E-state index in [0.29, 0.717) is 11.3 Å². The molecule has 0 aromatic heterocycles. The van der Waals surface area contributed by atoms with Gasteiger partial charge in [0.05, 0.1) is 19.3 Å². The SMILES string of the molecule is CCOC(=O)c1cccc(NC(=O)NCC[C@H](NC(=O)OC(C)(C)C)C(=O)OC)c1. The number of benzene rings is 1. The van der Waals surface area contributed by atoms with Crippen LogP contribution in [0.4, 0.5) is 15.3 Å². The number of hydrogen-bond acceptors (Lipinski definition) is 7. The molecule has 3 amide bonds. The molecule has 1 atom stereocenters. The van der Waals surface area contributed by atoms with Gasteiger partial charge in [-0.15, -0.1) is 0 Å². The van der Waals surface area contributed by atoms with Crippen molar-refractivity contribution < 1.29 is 33.4 Å².